The molecule has 5 nitrogen and oxygen atoms in total. The zero-order chi connectivity index (χ0) is 23.1. The molecular weight excluding hydrogens is 407 g/mol. The van der Waals surface area contributed by atoms with Crippen LogP contribution >= 0.6 is 0 Å². The summed E-state index contributed by atoms with van der Waals surface area (Å²) in [6, 6.07) is 13.3. The molecule has 1 atom stereocenters. The molecule has 3 rings (SSSR count). The van der Waals surface area contributed by atoms with E-state index in [1.54, 1.807) is 6.07 Å². The summed E-state index contributed by atoms with van der Waals surface area (Å²) in [4.78, 5) is 0. The predicted molar refractivity (Wildman–Crippen MR) is 127 cm³/mol. The van der Waals surface area contributed by atoms with Crippen LogP contribution in [-0.2, 0) is 13.0 Å². The van der Waals surface area contributed by atoms with Crippen LogP contribution < -0.4 is 14.8 Å². The summed E-state index contributed by atoms with van der Waals surface area (Å²) >= 11 is 0. The molecule has 0 fully saturated rings. The lowest BCUT2D eigenvalue weighted by atomic mass is 10.1. The largest absolute Gasteiger partial charge is 0.488 e. The molecule has 0 aliphatic carbocycles. The first-order valence-corrected chi connectivity index (χ1v) is 11.3. The van der Waals surface area contributed by atoms with E-state index in [1.165, 1.54) is 28.6 Å². The van der Waals surface area contributed by atoms with Crippen LogP contribution in [0.25, 0.3) is 10.9 Å². The number of nitrogens with one attached hydrogen (secondary N) is 1. The highest BCUT2D eigenvalue weighted by atomic mass is 19.1. The van der Waals surface area contributed by atoms with Gasteiger partial charge in [-0.25, -0.2) is 4.39 Å². The van der Waals surface area contributed by atoms with Crippen LogP contribution in [-0.4, -0.2) is 41.1 Å². The third kappa shape index (κ3) is 6.97. The molecule has 3 aromatic rings. The minimum absolute atomic E-state index is 0.205. The van der Waals surface area contributed by atoms with Crippen LogP contribution in [0.5, 0.6) is 11.5 Å². The van der Waals surface area contributed by atoms with Crippen LogP contribution in [0.4, 0.5) is 4.39 Å². The van der Waals surface area contributed by atoms with Crippen molar-refractivity contribution in [2.45, 2.75) is 58.7 Å². The van der Waals surface area contributed by atoms with Crippen molar-refractivity contribution in [2.75, 3.05) is 19.8 Å². The number of nitrogens with zero attached hydrogens (tertiary/aromatic N) is 1. The number of halogens is 1. The molecule has 2 N–H and O–H groups in total. The zero-order valence-electron chi connectivity index (χ0n) is 19.5. The number of benzene rings is 2. The molecule has 0 spiro atoms. The third-order valence-electron chi connectivity index (χ3n) is 5.11. The van der Waals surface area contributed by atoms with E-state index in [1.807, 2.05) is 20.8 Å². The fourth-order valence-corrected chi connectivity index (χ4v) is 3.72. The lowest BCUT2D eigenvalue weighted by molar-refractivity contribution is 0.123. The van der Waals surface area contributed by atoms with E-state index in [-0.39, 0.29) is 18.5 Å². The number of aryl methyl sites for hydroxylation is 1. The van der Waals surface area contributed by atoms with Gasteiger partial charge in [-0.3, -0.25) is 0 Å². The van der Waals surface area contributed by atoms with Gasteiger partial charge in [-0.05, 0) is 81.8 Å². The molecule has 0 saturated carbocycles. The molecule has 2 aromatic carbocycles. The maximum Gasteiger partial charge on any atom is 0.164 e. The number of aliphatic hydroxyl groups excluding tert-OH is 1. The normalized spacial score (nSPS) is 12.8. The Morgan fingerprint density at radius 3 is 2.66 bits per heavy atom. The highest BCUT2D eigenvalue weighted by Crippen LogP contribution is 2.31. The fraction of sp³-hybridized carbons (Fsp3) is 0.462. The summed E-state index contributed by atoms with van der Waals surface area (Å²) in [6.45, 7) is 10.1. The van der Waals surface area contributed by atoms with Crippen molar-refractivity contribution >= 4 is 10.9 Å². The quantitative estimate of drug-likeness (QED) is 0.413. The van der Waals surface area contributed by atoms with Gasteiger partial charge in [-0.15, -0.1) is 0 Å². The average molecular weight is 443 g/mol. The molecule has 0 radical (unpaired) electrons. The predicted octanol–water partition coefficient (Wildman–Crippen LogP) is 4.94. The minimum Gasteiger partial charge on any atom is -0.488 e. The average Bonchev–Trinajstić information content (AvgIpc) is 3.12. The van der Waals surface area contributed by atoms with Crippen molar-refractivity contribution in [1.29, 1.82) is 0 Å². The molecule has 32 heavy (non-hydrogen) atoms. The second-order valence-corrected chi connectivity index (χ2v) is 9.19. The first-order chi connectivity index (χ1) is 15.2. The number of aromatic nitrogens is 1. The van der Waals surface area contributed by atoms with E-state index >= 15 is 0 Å². The molecule has 6 heteroatoms. The molecule has 0 aliphatic heterocycles. The van der Waals surface area contributed by atoms with Crippen molar-refractivity contribution in [1.82, 2.24) is 9.88 Å². The summed E-state index contributed by atoms with van der Waals surface area (Å²) in [7, 11) is 0. The fourth-order valence-electron chi connectivity index (χ4n) is 3.72. The van der Waals surface area contributed by atoms with Crippen LogP contribution in [0.15, 0.2) is 48.7 Å². The molecule has 1 aromatic heterocycles. The Hall–Kier alpha value is -2.57. The Labute approximate surface area is 190 Å². The van der Waals surface area contributed by atoms with Gasteiger partial charge in [0.25, 0.3) is 0 Å². The highest BCUT2D eigenvalue weighted by Gasteiger charge is 2.16. The molecule has 0 amide bonds. The number of hydrogen-bond acceptors (Lipinski definition) is 4. The number of rotatable bonds is 11. The summed E-state index contributed by atoms with van der Waals surface area (Å²) in [5.74, 6) is 0.626. The van der Waals surface area contributed by atoms with Gasteiger partial charge in [-0.2, -0.15) is 0 Å². The van der Waals surface area contributed by atoms with Gasteiger partial charge in [0.15, 0.2) is 11.5 Å². The summed E-state index contributed by atoms with van der Waals surface area (Å²) in [6.07, 6.45) is 3.75. The standard InChI is InChI=1S/C26H35FN2O3/c1-19(16-20-6-8-23-21(17-20)10-13-29(23)12-5-14-30)28-11-15-31-24-9-7-22(27)18-25(24)32-26(2,3)4/h6-10,13,17-19,28,30H,5,11-12,14-16H2,1-4H3/t19-/m1/s1. The van der Waals surface area contributed by atoms with E-state index < -0.39 is 5.60 Å². The van der Waals surface area contributed by atoms with E-state index in [0.717, 1.165) is 19.4 Å². The van der Waals surface area contributed by atoms with E-state index in [2.05, 4.69) is 47.3 Å². The molecule has 0 unspecified atom stereocenters. The number of hydrogen-bond donors (Lipinski definition) is 2. The maximum absolute atomic E-state index is 13.6. The Morgan fingerprint density at radius 1 is 1.09 bits per heavy atom. The summed E-state index contributed by atoms with van der Waals surface area (Å²) < 4.78 is 27.5. The zero-order valence-corrected chi connectivity index (χ0v) is 19.5. The second-order valence-electron chi connectivity index (χ2n) is 9.19. The van der Waals surface area contributed by atoms with E-state index in [4.69, 9.17) is 14.6 Å². The highest BCUT2D eigenvalue weighted by molar-refractivity contribution is 5.80. The topological polar surface area (TPSA) is 55.7 Å². The minimum atomic E-state index is -0.431. The lowest BCUT2D eigenvalue weighted by Gasteiger charge is -2.23. The Kier molecular flexibility index (Phi) is 8.15. The SMILES string of the molecule is C[C@H](Cc1ccc2c(ccn2CCCO)c1)NCCOc1ccc(F)cc1OC(C)(C)C. The Morgan fingerprint density at radius 2 is 1.91 bits per heavy atom. The smallest absolute Gasteiger partial charge is 0.164 e. The van der Waals surface area contributed by atoms with Gasteiger partial charge in [0.1, 0.15) is 18.0 Å². The van der Waals surface area contributed by atoms with Gasteiger partial charge >= 0.3 is 0 Å². The summed E-state index contributed by atoms with van der Waals surface area (Å²) in [5.41, 5.74) is 2.04. The van der Waals surface area contributed by atoms with Gasteiger partial charge in [0.05, 0.1) is 0 Å². The van der Waals surface area contributed by atoms with Crippen LogP contribution in [0.2, 0.25) is 0 Å². The third-order valence-corrected chi connectivity index (χ3v) is 5.11. The van der Waals surface area contributed by atoms with E-state index in [0.29, 0.717) is 24.7 Å². The van der Waals surface area contributed by atoms with E-state index in [9.17, 15) is 4.39 Å². The van der Waals surface area contributed by atoms with Crippen molar-refractivity contribution in [3.8, 4) is 11.5 Å². The molecular formula is C26H35FN2O3. The van der Waals surface area contributed by atoms with Crippen LogP contribution in [0, 0.1) is 5.82 Å². The first-order valence-electron chi connectivity index (χ1n) is 11.3. The van der Waals surface area contributed by atoms with Gasteiger partial charge in [-0.1, -0.05) is 6.07 Å². The molecule has 174 valence electrons. The lowest BCUT2D eigenvalue weighted by Crippen LogP contribution is -2.32. The van der Waals surface area contributed by atoms with Crippen LogP contribution in [0.1, 0.15) is 39.7 Å². The molecule has 0 bridgehead atoms. The van der Waals surface area contributed by atoms with Crippen molar-refractivity contribution < 1.29 is 19.0 Å². The van der Waals surface area contributed by atoms with Crippen molar-refractivity contribution in [3.05, 3.63) is 60.0 Å². The maximum atomic E-state index is 13.6. The number of aliphatic hydroxyl groups is 1. The van der Waals surface area contributed by atoms with Gasteiger partial charge in [0, 0.05) is 43.5 Å². The Bertz CT molecular complexity index is 1010. The monoisotopic (exact) mass is 442 g/mol. The van der Waals surface area contributed by atoms with Gasteiger partial charge < -0.3 is 24.5 Å². The second kappa shape index (κ2) is 10.8. The molecule has 0 saturated heterocycles. The Balaban J connectivity index is 1.49. The van der Waals surface area contributed by atoms with Crippen molar-refractivity contribution in [2.24, 2.45) is 0 Å². The number of fused-ring (bicyclic) bond motifs is 1. The molecule has 1 heterocycles. The van der Waals surface area contributed by atoms with Crippen molar-refractivity contribution in [3.63, 3.8) is 0 Å². The van der Waals surface area contributed by atoms with Crippen LogP contribution in [0.3, 0.4) is 0 Å². The van der Waals surface area contributed by atoms with Gasteiger partial charge in [0.2, 0.25) is 0 Å². The summed E-state index contributed by atoms with van der Waals surface area (Å²) in [5, 5.41) is 13.8. The number of ether oxygens (including phenoxy) is 2. The molecule has 0 aliphatic rings. The first kappa shape index (κ1) is 24.1.